The highest BCUT2D eigenvalue weighted by Gasteiger charge is 2.22. The molecule has 0 aliphatic rings. The number of nitrogens with zero attached hydrogens (tertiary/aromatic N) is 2. The SMILES string of the molecule is Cc1nc(C)c(C(=O)OC(C)C(=O)Nc2ccc(Cl)cn2)s1. The molecule has 2 aromatic rings. The number of esters is 1. The van der Waals surface area contributed by atoms with Crippen molar-refractivity contribution >= 4 is 40.6 Å². The van der Waals surface area contributed by atoms with Crippen molar-refractivity contribution in [3.63, 3.8) is 0 Å². The van der Waals surface area contributed by atoms with Crippen LogP contribution in [0, 0.1) is 13.8 Å². The fourth-order valence-corrected chi connectivity index (χ4v) is 2.58. The van der Waals surface area contributed by atoms with Crippen molar-refractivity contribution in [2.75, 3.05) is 5.32 Å². The van der Waals surface area contributed by atoms with Gasteiger partial charge in [0.2, 0.25) is 0 Å². The maximum absolute atomic E-state index is 12.0. The van der Waals surface area contributed by atoms with Gasteiger partial charge in [-0.25, -0.2) is 14.8 Å². The van der Waals surface area contributed by atoms with Gasteiger partial charge < -0.3 is 10.1 Å². The Hall–Kier alpha value is -1.99. The summed E-state index contributed by atoms with van der Waals surface area (Å²) in [5.74, 6) is -0.695. The molecule has 0 fully saturated rings. The first-order chi connectivity index (χ1) is 10.4. The van der Waals surface area contributed by atoms with Gasteiger partial charge in [0.05, 0.1) is 15.7 Å². The van der Waals surface area contributed by atoms with Gasteiger partial charge in [0.1, 0.15) is 10.7 Å². The quantitative estimate of drug-likeness (QED) is 0.866. The zero-order chi connectivity index (χ0) is 16.3. The molecule has 1 unspecified atom stereocenters. The summed E-state index contributed by atoms with van der Waals surface area (Å²) in [5, 5.41) is 3.78. The second kappa shape index (κ2) is 6.85. The molecule has 1 N–H and O–H groups in total. The van der Waals surface area contributed by atoms with E-state index in [1.165, 1.54) is 24.5 Å². The van der Waals surface area contributed by atoms with E-state index in [-0.39, 0.29) is 0 Å². The van der Waals surface area contributed by atoms with E-state index in [2.05, 4.69) is 15.3 Å². The summed E-state index contributed by atoms with van der Waals surface area (Å²) in [6.45, 7) is 5.02. The number of ether oxygens (including phenoxy) is 1. The second-order valence-electron chi connectivity index (χ2n) is 4.55. The zero-order valence-corrected chi connectivity index (χ0v) is 13.8. The monoisotopic (exact) mass is 339 g/mol. The van der Waals surface area contributed by atoms with E-state index in [4.69, 9.17) is 16.3 Å². The molecule has 2 aromatic heterocycles. The second-order valence-corrected chi connectivity index (χ2v) is 6.19. The van der Waals surface area contributed by atoms with Crippen LogP contribution in [0.25, 0.3) is 0 Å². The molecule has 6 nitrogen and oxygen atoms in total. The maximum atomic E-state index is 12.0. The Morgan fingerprint density at radius 2 is 2.09 bits per heavy atom. The lowest BCUT2D eigenvalue weighted by molar-refractivity contribution is -0.123. The molecule has 22 heavy (non-hydrogen) atoms. The molecule has 0 spiro atoms. The number of rotatable bonds is 4. The van der Waals surface area contributed by atoms with E-state index in [0.29, 0.717) is 21.4 Å². The maximum Gasteiger partial charge on any atom is 0.351 e. The highest BCUT2D eigenvalue weighted by molar-refractivity contribution is 7.13. The number of aryl methyl sites for hydroxylation is 2. The summed E-state index contributed by atoms with van der Waals surface area (Å²) in [6.07, 6.45) is 0.462. The summed E-state index contributed by atoms with van der Waals surface area (Å²) >= 11 is 6.95. The number of anilines is 1. The fourth-order valence-electron chi connectivity index (χ4n) is 1.67. The van der Waals surface area contributed by atoms with E-state index in [0.717, 1.165) is 5.01 Å². The van der Waals surface area contributed by atoms with E-state index in [9.17, 15) is 9.59 Å². The molecule has 116 valence electrons. The van der Waals surface area contributed by atoms with Gasteiger partial charge in [-0.15, -0.1) is 11.3 Å². The number of nitrogens with one attached hydrogen (secondary N) is 1. The van der Waals surface area contributed by atoms with Crippen LogP contribution < -0.4 is 5.32 Å². The Morgan fingerprint density at radius 1 is 1.36 bits per heavy atom. The van der Waals surface area contributed by atoms with Crippen LogP contribution in [-0.2, 0) is 9.53 Å². The average Bonchev–Trinajstić information content (AvgIpc) is 2.80. The molecule has 1 atom stereocenters. The summed E-state index contributed by atoms with van der Waals surface area (Å²) < 4.78 is 5.15. The molecule has 0 bridgehead atoms. The van der Waals surface area contributed by atoms with Crippen LogP contribution in [0.1, 0.15) is 27.3 Å². The molecule has 0 aliphatic carbocycles. The third kappa shape index (κ3) is 4.02. The highest BCUT2D eigenvalue weighted by Crippen LogP contribution is 2.19. The first-order valence-corrected chi connectivity index (χ1v) is 7.63. The van der Waals surface area contributed by atoms with Gasteiger partial charge in [0, 0.05) is 6.20 Å². The lowest BCUT2D eigenvalue weighted by Crippen LogP contribution is -2.30. The average molecular weight is 340 g/mol. The molecule has 0 aliphatic heterocycles. The van der Waals surface area contributed by atoms with Gasteiger partial charge in [-0.05, 0) is 32.9 Å². The van der Waals surface area contributed by atoms with Gasteiger partial charge in [0.15, 0.2) is 6.10 Å². The lowest BCUT2D eigenvalue weighted by atomic mass is 10.3. The predicted molar refractivity (Wildman–Crippen MR) is 84.3 cm³/mol. The summed E-state index contributed by atoms with van der Waals surface area (Å²) in [7, 11) is 0. The normalized spacial score (nSPS) is 11.8. The molecule has 0 saturated carbocycles. The highest BCUT2D eigenvalue weighted by atomic mass is 35.5. The predicted octanol–water partition coefficient (Wildman–Crippen LogP) is 2.99. The van der Waals surface area contributed by atoms with Crippen LogP contribution in [0.3, 0.4) is 0 Å². The van der Waals surface area contributed by atoms with E-state index in [1.54, 1.807) is 26.0 Å². The van der Waals surface area contributed by atoms with Gasteiger partial charge in [0.25, 0.3) is 5.91 Å². The Morgan fingerprint density at radius 3 is 2.64 bits per heavy atom. The smallest absolute Gasteiger partial charge is 0.351 e. The topological polar surface area (TPSA) is 81.2 Å². The van der Waals surface area contributed by atoms with Gasteiger partial charge in [-0.3, -0.25) is 4.79 Å². The molecule has 2 heterocycles. The number of aromatic nitrogens is 2. The van der Waals surface area contributed by atoms with Crippen LogP contribution in [0.15, 0.2) is 18.3 Å². The van der Waals surface area contributed by atoms with E-state index < -0.39 is 18.0 Å². The summed E-state index contributed by atoms with van der Waals surface area (Å²) in [6, 6.07) is 3.16. The summed E-state index contributed by atoms with van der Waals surface area (Å²) in [5.41, 5.74) is 0.597. The largest absolute Gasteiger partial charge is 0.448 e. The van der Waals surface area contributed by atoms with E-state index in [1.807, 2.05) is 0 Å². The van der Waals surface area contributed by atoms with E-state index >= 15 is 0 Å². The number of hydrogen-bond donors (Lipinski definition) is 1. The van der Waals surface area contributed by atoms with Crippen LogP contribution in [0.4, 0.5) is 5.82 Å². The van der Waals surface area contributed by atoms with Gasteiger partial charge in [-0.2, -0.15) is 0 Å². The molecule has 0 saturated heterocycles. The summed E-state index contributed by atoms with van der Waals surface area (Å²) in [4.78, 5) is 32.5. The van der Waals surface area contributed by atoms with Crippen molar-refractivity contribution in [1.82, 2.24) is 9.97 Å². The van der Waals surface area contributed by atoms with Crippen molar-refractivity contribution in [3.8, 4) is 0 Å². The van der Waals surface area contributed by atoms with Crippen LogP contribution in [0.2, 0.25) is 5.02 Å². The molecular weight excluding hydrogens is 326 g/mol. The van der Waals surface area contributed by atoms with Crippen molar-refractivity contribution in [1.29, 1.82) is 0 Å². The van der Waals surface area contributed by atoms with Gasteiger partial charge >= 0.3 is 5.97 Å². The minimum Gasteiger partial charge on any atom is -0.448 e. The third-order valence-electron chi connectivity index (χ3n) is 2.72. The Labute approximate surface area is 136 Å². The van der Waals surface area contributed by atoms with Crippen LogP contribution in [-0.4, -0.2) is 27.9 Å². The van der Waals surface area contributed by atoms with Crippen molar-refractivity contribution < 1.29 is 14.3 Å². The van der Waals surface area contributed by atoms with Crippen molar-refractivity contribution in [2.24, 2.45) is 0 Å². The van der Waals surface area contributed by atoms with Crippen molar-refractivity contribution in [2.45, 2.75) is 26.9 Å². The number of carbonyl (C=O) groups excluding carboxylic acids is 2. The van der Waals surface area contributed by atoms with Crippen LogP contribution in [0.5, 0.6) is 0 Å². The molecule has 0 radical (unpaired) electrons. The first-order valence-electron chi connectivity index (χ1n) is 6.44. The molecule has 0 aromatic carbocycles. The number of thiazole rings is 1. The third-order valence-corrected chi connectivity index (χ3v) is 4.00. The molecule has 2 rings (SSSR count). The Kier molecular flexibility index (Phi) is 5.10. The van der Waals surface area contributed by atoms with Gasteiger partial charge in [-0.1, -0.05) is 11.6 Å². The molecular formula is C14H14ClN3O3S. The number of carbonyl (C=O) groups is 2. The first kappa shape index (κ1) is 16.4. The number of amides is 1. The molecule has 1 amide bonds. The Balaban J connectivity index is 1.97. The minimum atomic E-state index is -0.952. The number of hydrogen-bond acceptors (Lipinski definition) is 6. The fraction of sp³-hybridized carbons (Fsp3) is 0.286. The number of pyridine rings is 1. The van der Waals surface area contributed by atoms with Crippen LogP contribution >= 0.6 is 22.9 Å². The molecule has 8 heteroatoms. The standard InChI is InChI=1S/C14H14ClN3O3S/c1-7-12(22-9(3)17-7)14(20)21-8(2)13(19)18-11-5-4-10(15)6-16-11/h4-6,8H,1-3H3,(H,16,18,19). The Bertz CT molecular complexity index is 700. The minimum absolute atomic E-state index is 0.335. The number of halogens is 1. The lowest BCUT2D eigenvalue weighted by Gasteiger charge is -2.12. The van der Waals surface area contributed by atoms with Crippen molar-refractivity contribution in [3.05, 3.63) is 38.9 Å². The zero-order valence-electron chi connectivity index (χ0n) is 12.2.